The molecule has 0 aliphatic rings. The topological polar surface area (TPSA) is 35.5 Å². The van der Waals surface area contributed by atoms with E-state index in [0.717, 1.165) is 6.54 Å². The third kappa shape index (κ3) is 3.26. The molecule has 0 bridgehead atoms. The third-order valence-corrected chi connectivity index (χ3v) is 1.12. The lowest BCUT2D eigenvalue weighted by Gasteiger charge is -2.18. The Morgan fingerprint density at radius 3 is 2.33 bits per heavy atom. The highest BCUT2D eigenvalue weighted by Crippen LogP contribution is 1.81. The predicted octanol–water partition coefficient (Wildman–Crippen LogP) is 0.676. The van der Waals surface area contributed by atoms with E-state index in [0.29, 0.717) is 6.54 Å². The Morgan fingerprint density at radius 1 is 1.67 bits per heavy atom. The fraction of sp³-hybridized carbons (Fsp3) is 0.800. The van der Waals surface area contributed by atoms with Crippen molar-refractivity contribution < 1.29 is 5.11 Å². The van der Waals surface area contributed by atoms with Crippen molar-refractivity contribution in [2.45, 2.75) is 13.8 Å². The first-order valence-corrected chi connectivity index (χ1v) is 3.37. The average Bonchev–Trinajstić information content (AvgIpc) is 1.82. The normalized spacial score (nSPS) is 9.11. The van der Waals surface area contributed by atoms with Crippen LogP contribution in [-0.4, -0.2) is 28.4 Å². The minimum atomic E-state index is -0.0978. The lowest BCUT2D eigenvalue weighted by Crippen LogP contribution is -2.41. The van der Waals surface area contributed by atoms with E-state index in [2.05, 4.69) is 17.6 Å². The van der Waals surface area contributed by atoms with Crippen LogP contribution >= 0.6 is 12.2 Å². The number of aliphatic hydroxyl groups excluding tert-OH is 1. The van der Waals surface area contributed by atoms with Crippen molar-refractivity contribution in [2.24, 2.45) is 0 Å². The van der Waals surface area contributed by atoms with Gasteiger partial charge in [-0.15, -0.1) is 0 Å². The number of nitrogens with one attached hydrogen (secondary N) is 1. The average molecular weight is 148 g/mol. The molecule has 9 heavy (non-hydrogen) atoms. The van der Waals surface area contributed by atoms with E-state index in [1.165, 1.54) is 5.01 Å². The van der Waals surface area contributed by atoms with Gasteiger partial charge in [0.1, 0.15) is 0 Å². The number of thiocarbonyl (C=S) groups is 1. The Kier molecular flexibility index (Phi) is 4.35. The SMILES string of the molecule is CCNN(CC)C(O)=S. The van der Waals surface area contributed by atoms with E-state index in [-0.39, 0.29) is 5.17 Å². The number of aliphatic hydroxyl groups is 1. The lowest BCUT2D eigenvalue weighted by molar-refractivity contribution is 0.279. The maximum Gasteiger partial charge on any atom is 0.271 e. The molecule has 4 heteroatoms. The van der Waals surface area contributed by atoms with Crippen LogP contribution in [0.15, 0.2) is 0 Å². The Balaban J connectivity index is 3.54. The van der Waals surface area contributed by atoms with Gasteiger partial charge in [-0.25, -0.2) is 5.43 Å². The Morgan fingerprint density at radius 2 is 2.22 bits per heavy atom. The van der Waals surface area contributed by atoms with Crippen molar-refractivity contribution in [2.75, 3.05) is 13.1 Å². The van der Waals surface area contributed by atoms with Gasteiger partial charge in [-0.2, -0.15) is 0 Å². The van der Waals surface area contributed by atoms with Crippen LogP contribution in [0.25, 0.3) is 0 Å². The van der Waals surface area contributed by atoms with Crippen molar-refractivity contribution in [3.05, 3.63) is 0 Å². The molecule has 0 rings (SSSR count). The maximum atomic E-state index is 8.74. The molecule has 54 valence electrons. The van der Waals surface area contributed by atoms with Gasteiger partial charge in [0.15, 0.2) is 0 Å². The zero-order chi connectivity index (χ0) is 7.28. The summed E-state index contributed by atoms with van der Waals surface area (Å²) in [5.41, 5.74) is 2.87. The first-order chi connectivity index (χ1) is 4.22. The third-order valence-electron chi connectivity index (χ3n) is 0.896. The Hall–Kier alpha value is -0.350. The fourth-order valence-electron chi connectivity index (χ4n) is 0.506. The van der Waals surface area contributed by atoms with E-state index in [4.69, 9.17) is 5.11 Å². The van der Waals surface area contributed by atoms with Crippen LogP contribution in [-0.2, 0) is 0 Å². The molecule has 0 unspecified atom stereocenters. The smallest absolute Gasteiger partial charge is 0.271 e. The molecule has 0 saturated heterocycles. The van der Waals surface area contributed by atoms with Crippen LogP contribution in [0.5, 0.6) is 0 Å². The van der Waals surface area contributed by atoms with Gasteiger partial charge in [0.05, 0.1) is 0 Å². The van der Waals surface area contributed by atoms with E-state index in [1.807, 2.05) is 13.8 Å². The van der Waals surface area contributed by atoms with Crippen LogP contribution in [0, 0.1) is 0 Å². The molecule has 0 aromatic heterocycles. The zero-order valence-electron chi connectivity index (χ0n) is 5.72. The summed E-state index contributed by atoms with van der Waals surface area (Å²) >= 11 is 4.50. The summed E-state index contributed by atoms with van der Waals surface area (Å²) in [4.78, 5) is 0. The number of hydrogen-bond donors (Lipinski definition) is 2. The molecule has 3 nitrogen and oxygen atoms in total. The predicted molar refractivity (Wildman–Crippen MR) is 41.3 cm³/mol. The molecule has 0 aromatic carbocycles. The van der Waals surface area contributed by atoms with Gasteiger partial charge >= 0.3 is 0 Å². The molecule has 0 amide bonds. The van der Waals surface area contributed by atoms with Gasteiger partial charge in [-0.05, 0) is 19.1 Å². The van der Waals surface area contributed by atoms with Crippen LogP contribution in [0.1, 0.15) is 13.8 Å². The van der Waals surface area contributed by atoms with Gasteiger partial charge in [0.25, 0.3) is 5.17 Å². The van der Waals surface area contributed by atoms with Crippen molar-refractivity contribution in [1.29, 1.82) is 0 Å². The van der Waals surface area contributed by atoms with Gasteiger partial charge in [-0.3, -0.25) is 5.01 Å². The molecule has 0 heterocycles. The summed E-state index contributed by atoms with van der Waals surface area (Å²) in [5, 5.41) is 10.1. The molecule has 0 atom stereocenters. The molecule has 0 radical (unpaired) electrons. The Labute approximate surface area is 60.6 Å². The van der Waals surface area contributed by atoms with Gasteiger partial charge < -0.3 is 5.11 Å². The molecular weight excluding hydrogens is 136 g/mol. The lowest BCUT2D eigenvalue weighted by atomic mass is 10.7. The van der Waals surface area contributed by atoms with Gasteiger partial charge in [-0.1, -0.05) is 6.92 Å². The molecule has 0 aliphatic carbocycles. The van der Waals surface area contributed by atoms with Crippen LogP contribution in [0.4, 0.5) is 0 Å². The summed E-state index contributed by atoms with van der Waals surface area (Å²) in [6.45, 7) is 5.31. The van der Waals surface area contributed by atoms with Crippen molar-refractivity contribution in [1.82, 2.24) is 10.4 Å². The second-order valence-electron chi connectivity index (χ2n) is 1.54. The number of rotatable bonds is 3. The van der Waals surface area contributed by atoms with E-state index in [9.17, 15) is 0 Å². The number of hydrogen-bond acceptors (Lipinski definition) is 2. The standard InChI is InChI=1S/C5H12N2OS/c1-3-6-7(4-2)5(8)9/h6H,3-4H2,1-2H3,(H,8,9). The van der Waals surface area contributed by atoms with Gasteiger partial charge in [0, 0.05) is 13.1 Å². The summed E-state index contributed by atoms with van der Waals surface area (Å²) in [7, 11) is 0. The summed E-state index contributed by atoms with van der Waals surface area (Å²) in [5.74, 6) is 0. The molecule has 2 N–H and O–H groups in total. The number of nitrogens with zero attached hydrogens (tertiary/aromatic N) is 1. The fourth-order valence-corrected chi connectivity index (χ4v) is 0.699. The summed E-state index contributed by atoms with van der Waals surface area (Å²) in [6, 6.07) is 0. The van der Waals surface area contributed by atoms with Gasteiger partial charge in [0.2, 0.25) is 0 Å². The molecule has 0 saturated carbocycles. The molecule has 0 aliphatic heterocycles. The molecule has 0 spiro atoms. The van der Waals surface area contributed by atoms with Crippen molar-refractivity contribution >= 4 is 17.4 Å². The van der Waals surface area contributed by atoms with E-state index >= 15 is 0 Å². The second-order valence-corrected chi connectivity index (χ2v) is 1.90. The van der Waals surface area contributed by atoms with Crippen LogP contribution < -0.4 is 5.43 Å². The van der Waals surface area contributed by atoms with Crippen LogP contribution in [0.3, 0.4) is 0 Å². The second kappa shape index (κ2) is 4.52. The highest BCUT2D eigenvalue weighted by Gasteiger charge is 2.00. The molecule has 0 fully saturated rings. The maximum absolute atomic E-state index is 8.74. The minimum Gasteiger partial charge on any atom is -0.486 e. The Bertz CT molecular complexity index is 97.0. The van der Waals surface area contributed by atoms with Crippen molar-refractivity contribution in [3.8, 4) is 0 Å². The quantitative estimate of drug-likeness (QED) is 0.455. The van der Waals surface area contributed by atoms with Crippen LogP contribution in [0.2, 0.25) is 0 Å². The first kappa shape index (κ1) is 8.65. The zero-order valence-corrected chi connectivity index (χ0v) is 6.53. The minimum absolute atomic E-state index is 0.0978. The summed E-state index contributed by atoms with van der Waals surface area (Å²) in [6.07, 6.45) is 0. The monoisotopic (exact) mass is 148 g/mol. The molecular formula is C5H12N2OS. The molecule has 0 aromatic rings. The van der Waals surface area contributed by atoms with Crippen molar-refractivity contribution in [3.63, 3.8) is 0 Å². The highest BCUT2D eigenvalue weighted by molar-refractivity contribution is 7.79. The van der Waals surface area contributed by atoms with E-state index in [1.54, 1.807) is 0 Å². The largest absolute Gasteiger partial charge is 0.486 e. The first-order valence-electron chi connectivity index (χ1n) is 2.96. The van der Waals surface area contributed by atoms with E-state index < -0.39 is 0 Å². The summed E-state index contributed by atoms with van der Waals surface area (Å²) < 4.78 is 0. The number of hydrazine groups is 1. The highest BCUT2D eigenvalue weighted by atomic mass is 32.1.